The van der Waals surface area contributed by atoms with Crippen molar-refractivity contribution in [1.29, 1.82) is 0 Å². The van der Waals surface area contributed by atoms with Gasteiger partial charge in [0.05, 0.1) is 11.5 Å². The molecule has 0 aromatic rings. The van der Waals surface area contributed by atoms with Crippen LogP contribution in [0.5, 0.6) is 0 Å². The van der Waals surface area contributed by atoms with E-state index in [-0.39, 0.29) is 12.5 Å². The highest BCUT2D eigenvalue weighted by atomic mass is 32.1. The summed E-state index contributed by atoms with van der Waals surface area (Å²) in [6.45, 7) is 4.59. The van der Waals surface area contributed by atoms with Crippen LogP contribution in [-0.2, 0) is 0 Å². The Morgan fingerprint density at radius 3 is 2.31 bits per heavy atom. The second-order valence-electron chi connectivity index (χ2n) is 3.05. The molecule has 1 unspecified atom stereocenters. The minimum atomic E-state index is -2.29. The van der Waals surface area contributed by atoms with E-state index in [1.54, 1.807) is 4.90 Å². The van der Waals surface area contributed by atoms with Gasteiger partial charge in [0.2, 0.25) is 0 Å². The Labute approximate surface area is 83.1 Å². The SMILES string of the molecule is CCN(CC(F)F)CC(C)C(N)=S. The zero-order valence-electron chi connectivity index (χ0n) is 7.96. The van der Waals surface area contributed by atoms with Crippen LogP contribution in [-0.4, -0.2) is 35.9 Å². The van der Waals surface area contributed by atoms with Crippen molar-refractivity contribution in [2.24, 2.45) is 11.7 Å². The molecule has 0 aliphatic rings. The third kappa shape index (κ3) is 5.87. The van der Waals surface area contributed by atoms with E-state index in [4.69, 9.17) is 18.0 Å². The molecule has 0 aliphatic carbocycles. The monoisotopic (exact) mass is 210 g/mol. The molecular formula is C8H16F2N2S. The summed E-state index contributed by atoms with van der Waals surface area (Å²) in [5, 5.41) is 0. The van der Waals surface area contributed by atoms with Crippen LogP contribution in [0.15, 0.2) is 0 Å². The molecule has 0 fully saturated rings. The second kappa shape index (κ2) is 6.21. The molecule has 2 N–H and O–H groups in total. The predicted octanol–water partition coefficient (Wildman–Crippen LogP) is 1.50. The molecule has 0 aromatic heterocycles. The van der Waals surface area contributed by atoms with Crippen molar-refractivity contribution in [2.75, 3.05) is 19.6 Å². The lowest BCUT2D eigenvalue weighted by atomic mass is 10.1. The quantitative estimate of drug-likeness (QED) is 0.674. The molecule has 1 atom stereocenters. The minimum absolute atomic E-state index is 0.00583. The van der Waals surface area contributed by atoms with Gasteiger partial charge in [-0.2, -0.15) is 0 Å². The van der Waals surface area contributed by atoms with Gasteiger partial charge in [-0.25, -0.2) is 8.78 Å². The number of hydrogen-bond acceptors (Lipinski definition) is 2. The molecule has 0 bridgehead atoms. The van der Waals surface area contributed by atoms with Gasteiger partial charge in [-0.15, -0.1) is 0 Å². The van der Waals surface area contributed by atoms with Gasteiger partial charge in [-0.3, -0.25) is 4.90 Å². The Balaban J connectivity index is 3.90. The lowest BCUT2D eigenvalue weighted by molar-refractivity contribution is 0.0879. The van der Waals surface area contributed by atoms with Crippen LogP contribution in [0.25, 0.3) is 0 Å². The van der Waals surface area contributed by atoms with Crippen LogP contribution >= 0.6 is 12.2 Å². The molecule has 0 rings (SSSR count). The standard InChI is InChI=1S/C8H16F2N2S/c1-3-12(5-7(9)10)4-6(2)8(11)13/h6-7H,3-5H2,1-2H3,(H2,11,13). The van der Waals surface area contributed by atoms with E-state index in [0.29, 0.717) is 18.1 Å². The van der Waals surface area contributed by atoms with Gasteiger partial charge in [0.15, 0.2) is 0 Å². The fraction of sp³-hybridized carbons (Fsp3) is 0.875. The molecule has 0 radical (unpaired) electrons. The van der Waals surface area contributed by atoms with Crippen LogP contribution < -0.4 is 5.73 Å². The van der Waals surface area contributed by atoms with E-state index in [9.17, 15) is 8.78 Å². The summed E-state index contributed by atoms with van der Waals surface area (Å²) in [6, 6.07) is 0. The number of thiocarbonyl (C=S) groups is 1. The van der Waals surface area contributed by atoms with Crippen molar-refractivity contribution < 1.29 is 8.78 Å². The zero-order valence-corrected chi connectivity index (χ0v) is 8.78. The minimum Gasteiger partial charge on any atom is -0.393 e. The Kier molecular flexibility index (Phi) is 6.07. The number of hydrogen-bond donors (Lipinski definition) is 1. The molecule has 0 spiro atoms. The molecule has 78 valence electrons. The summed E-state index contributed by atoms with van der Waals surface area (Å²) in [5.74, 6) is -0.00583. The van der Waals surface area contributed by atoms with Crippen molar-refractivity contribution >= 4 is 17.2 Å². The smallest absolute Gasteiger partial charge is 0.251 e. The van der Waals surface area contributed by atoms with Gasteiger partial charge < -0.3 is 5.73 Å². The summed E-state index contributed by atoms with van der Waals surface area (Å²) in [5.41, 5.74) is 5.39. The number of alkyl halides is 2. The molecule has 0 saturated carbocycles. The molecule has 5 heteroatoms. The maximum absolute atomic E-state index is 12.0. The lowest BCUT2D eigenvalue weighted by Gasteiger charge is -2.23. The summed E-state index contributed by atoms with van der Waals surface area (Å²) in [7, 11) is 0. The Morgan fingerprint density at radius 2 is 2.00 bits per heavy atom. The maximum atomic E-state index is 12.0. The van der Waals surface area contributed by atoms with Crippen molar-refractivity contribution in [3.05, 3.63) is 0 Å². The van der Waals surface area contributed by atoms with Crippen LogP contribution in [0.1, 0.15) is 13.8 Å². The Hall–Kier alpha value is -0.290. The van der Waals surface area contributed by atoms with Gasteiger partial charge >= 0.3 is 0 Å². The van der Waals surface area contributed by atoms with E-state index in [1.165, 1.54) is 0 Å². The Bertz CT molecular complexity index is 164. The first-order valence-electron chi connectivity index (χ1n) is 4.27. The molecule has 13 heavy (non-hydrogen) atoms. The first kappa shape index (κ1) is 12.7. The number of nitrogens with zero attached hydrogens (tertiary/aromatic N) is 1. The largest absolute Gasteiger partial charge is 0.393 e. The first-order chi connectivity index (χ1) is 5.97. The highest BCUT2D eigenvalue weighted by Gasteiger charge is 2.14. The van der Waals surface area contributed by atoms with Gasteiger partial charge in [-0.1, -0.05) is 26.1 Å². The van der Waals surface area contributed by atoms with E-state index in [0.717, 1.165) is 0 Å². The highest BCUT2D eigenvalue weighted by Crippen LogP contribution is 2.03. The third-order valence-electron chi connectivity index (χ3n) is 1.86. The number of halogens is 2. The van der Waals surface area contributed by atoms with Crippen molar-refractivity contribution in [1.82, 2.24) is 4.90 Å². The van der Waals surface area contributed by atoms with E-state index in [1.807, 2.05) is 13.8 Å². The molecule has 0 saturated heterocycles. The molecule has 2 nitrogen and oxygen atoms in total. The van der Waals surface area contributed by atoms with Crippen molar-refractivity contribution in [2.45, 2.75) is 20.3 Å². The van der Waals surface area contributed by atoms with E-state index in [2.05, 4.69) is 0 Å². The lowest BCUT2D eigenvalue weighted by Crippen LogP contribution is -2.36. The third-order valence-corrected chi connectivity index (χ3v) is 2.26. The summed E-state index contributed by atoms with van der Waals surface area (Å²) in [4.78, 5) is 2.03. The fourth-order valence-corrected chi connectivity index (χ4v) is 1.08. The molecule has 0 aliphatic heterocycles. The van der Waals surface area contributed by atoms with E-state index >= 15 is 0 Å². The maximum Gasteiger partial charge on any atom is 0.251 e. The van der Waals surface area contributed by atoms with Gasteiger partial charge in [-0.05, 0) is 6.54 Å². The normalized spacial score (nSPS) is 13.7. The second-order valence-corrected chi connectivity index (χ2v) is 3.52. The topological polar surface area (TPSA) is 29.3 Å². The van der Waals surface area contributed by atoms with E-state index < -0.39 is 6.43 Å². The molecule has 0 heterocycles. The molecular weight excluding hydrogens is 194 g/mol. The van der Waals surface area contributed by atoms with Crippen molar-refractivity contribution in [3.63, 3.8) is 0 Å². The van der Waals surface area contributed by atoms with Gasteiger partial charge in [0.1, 0.15) is 0 Å². The van der Waals surface area contributed by atoms with Crippen molar-refractivity contribution in [3.8, 4) is 0 Å². The van der Waals surface area contributed by atoms with Crippen LogP contribution in [0, 0.1) is 5.92 Å². The average molecular weight is 210 g/mol. The zero-order chi connectivity index (χ0) is 10.4. The Morgan fingerprint density at radius 1 is 1.46 bits per heavy atom. The van der Waals surface area contributed by atoms with Crippen LogP contribution in [0.3, 0.4) is 0 Å². The number of rotatable bonds is 6. The summed E-state index contributed by atoms with van der Waals surface area (Å²) in [6.07, 6.45) is -2.29. The summed E-state index contributed by atoms with van der Waals surface area (Å²) < 4.78 is 24.0. The van der Waals surface area contributed by atoms with Crippen LogP contribution in [0.4, 0.5) is 8.78 Å². The molecule has 0 amide bonds. The summed E-state index contributed by atoms with van der Waals surface area (Å²) >= 11 is 4.76. The molecule has 0 aromatic carbocycles. The average Bonchev–Trinajstić information content (AvgIpc) is 2.02. The highest BCUT2D eigenvalue weighted by molar-refractivity contribution is 7.80. The van der Waals surface area contributed by atoms with Gasteiger partial charge in [0.25, 0.3) is 6.43 Å². The van der Waals surface area contributed by atoms with Gasteiger partial charge in [0, 0.05) is 12.5 Å². The fourth-order valence-electron chi connectivity index (χ4n) is 1.01. The first-order valence-corrected chi connectivity index (χ1v) is 4.68. The number of nitrogens with two attached hydrogens (primary N) is 1. The van der Waals surface area contributed by atoms with Crippen LogP contribution in [0.2, 0.25) is 0 Å². The predicted molar refractivity (Wildman–Crippen MR) is 54.1 cm³/mol.